The molecule has 0 spiro atoms. The zero-order chi connectivity index (χ0) is 14.7. The minimum absolute atomic E-state index is 0.0837. The van der Waals surface area contributed by atoms with Crippen molar-refractivity contribution in [2.24, 2.45) is 5.84 Å². The first-order valence-electron chi connectivity index (χ1n) is 6.08. The Bertz CT molecular complexity index is 488. The third kappa shape index (κ3) is 2.58. The Hall–Kier alpha value is -1.77. The minimum atomic E-state index is -0.769. The topological polar surface area (TPSA) is 89.7 Å². The molecule has 1 fully saturated rings. The molecule has 110 valence electrons. The number of methoxy groups -OCH3 is 2. The van der Waals surface area contributed by atoms with Crippen molar-refractivity contribution >= 4 is 11.7 Å². The lowest BCUT2D eigenvalue weighted by molar-refractivity contribution is -0.00461. The number of carbonyl (C=O) groups is 1. The van der Waals surface area contributed by atoms with Gasteiger partial charge in [-0.2, -0.15) is 0 Å². The number of ether oxygens (including phenoxy) is 2. The van der Waals surface area contributed by atoms with Crippen molar-refractivity contribution < 1.29 is 18.7 Å². The average Bonchev–Trinajstić information content (AvgIpc) is 2.90. The number of aromatic nitrogens is 1. The van der Waals surface area contributed by atoms with Crippen molar-refractivity contribution in [1.29, 1.82) is 0 Å². The molecular weight excluding hydrogens is 267 g/mol. The number of hydrogen-bond donors (Lipinski definition) is 2. The largest absolute Gasteiger partial charge is 0.377 e. The number of nitrogens with one attached hydrogen (secondary N) is 1. The van der Waals surface area contributed by atoms with Gasteiger partial charge in [-0.1, -0.05) is 0 Å². The molecular formula is C12H17FN4O3. The summed E-state index contributed by atoms with van der Waals surface area (Å²) in [4.78, 5) is 17.5. The molecule has 1 aliphatic heterocycles. The highest BCUT2D eigenvalue weighted by atomic mass is 19.1. The van der Waals surface area contributed by atoms with E-state index >= 15 is 0 Å². The van der Waals surface area contributed by atoms with E-state index in [1.807, 2.05) is 0 Å². The second kappa shape index (κ2) is 6.12. The monoisotopic (exact) mass is 284 g/mol. The van der Waals surface area contributed by atoms with Crippen LogP contribution >= 0.6 is 0 Å². The highest BCUT2D eigenvalue weighted by Crippen LogP contribution is 2.21. The quantitative estimate of drug-likeness (QED) is 0.597. The molecule has 2 heterocycles. The van der Waals surface area contributed by atoms with Crippen LogP contribution in [0.5, 0.6) is 0 Å². The van der Waals surface area contributed by atoms with E-state index < -0.39 is 11.7 Å². The van der Waals surface area contributed by atoms with Crippen LogP contribution in [0.3, 0.4) is 0 Å². The van der Waals surface area contributed by atoms with Gasteiger partial charge in [0.15, 0.2) is 11.6 Å². The number of hydrogen-bond acceptors (Lipinski definition) is 6. The molecule has 20 heavy (non-hydrogen) atoms. The van der Waals surface area contributed by atoms with Crippen molar-refractivity contribution in [1.82, 2.24) is 9.88 Å². The lowest BCUT2D eigenvalue weighted by atomic mass is 10.2. The van der Waals surface area contributed by atoms with Crippen LogP contribution in [-0.4, -0.2) is 55.3 Å². The number of hydrazine groups is 1. The molecule has 3 N–H and O–H groups in total. The Morgan fingerprint density at radius 2 is 2.05 bits per heavy atom. The molecule has 7 nitrogen and oxygen atoms in total. The van der Waals surface area contributed by atoms with Crippen LogP contribution in [0, 0.1) is 5.82 Å². The van der Waals surface area contributed by atoms with Gasteiger partial charge in [0.25, 0.3) is 5.91 Å². The van der Waals surface area contributed by atoms with E-state index in [9.17, 15) is 9.18 Å². The number of likely N-dealkylation sites (tertiary alicyclic amines) is 1. The lowest BCUT2D eigenvalue weighted by Gasteiger charge is -2.16. The maximum absolute atomic E-state index is 14.0. The van der Waals surface area contributed by atoms with Crippen molar-refractivity contribution in [3.05, 3.63) is 23.6 Å². The molecule has 2 atom stereocenters. The molecule has 1 aromatic rings. The first-order chi connectivity index (χ1) is 9.62. The summed E-state index contributed by atoms with van der Waals surface area (Å²) in [6.07, 6.45) is 0.880. The van der Waals surface area contributed by atoms with Crippen LogP contribution in [0.25, 0.3) is 0 Å². The Morgan fingerprint density at radius 3 is 2.55 bits per heavy atom. The zero-order valence-electron chi connectivity index (χ0n) is 11.3. The predicted molar refractivity (Wildman–Crippen MR) is 69.5 cm³/mol. The fraction of sp³-hybridized carbons (Fsp3) is 0.500. The van der Waals surface area contributed by atoms with Crippen LogP contribution in [-0.2, 0) is 9.47 Å². The van der Waals surface area contributed by atoms with Gasteiger partial charge >= 0.3 is 0 Å². The molecule has 2 rings (SSSR count). The second-order valence-corrected chi connectivity index (χ2v) is 4.42. The van der Waals surface area contributed by atoms with Crippen LogP contribution in [0.2, 0.25) is 0 Å². The van der Waals surface area contributed by atoms with Gasteiger partial charge in [-0.15, -0.1) is 0 Å². The number of anilines is 1. The number of rotatable bonds is 4. The van der Waals surface area contributed by atoms with E-state index in [0.29, 0.717) is 13.1 Å². The molecule has 0 aliphatic carbocycles. The van der Waals surface area contributed by atoms with Gasteiger partial charge in [-0.05, 0) is 6.07 Å². The van der Waals surface area contributed by atoms with Gasteiger partial charge < -0.3 is 19.8 Å². The lowest BCUT2D eigenvalue weighted by Crippen LogP contribution is -2.31. The van der Waals surface area contributed by atoms with Crippen LogP contribution in [0.15, 0.2) is 12.3 Å². The highest BCUT2D eigenvalue weighted by Gasteiger charge is 2.36. The number of amides is 1. The SMILES string of the molecule is COC1CN(C(=O)c2ccnc(NN)c2F)CC1OC. The summed E-state index contributed by atoms with van der Waals surface area (Å²) >= 11 is 0. The zero-order valence-corrected chi connectivity index (χ0v) is 11.3. The molecule has 1 aromatic heterocycles. The summed E-state index contributed by atoms with van der Waals surface area (Å²) in [6, 6.07) is 1.32. The van der Waals surface area contributed by atoms with Crippen molar-refractivity contribution in [3.63, 3.8) is 0 Å². The number of nitrogens with zero attached hydrogens (tertiary/aromatic N) is 2. The molecule has 1 amide bonds. The van der Waals surface area contributed by atoms with E-state index in [-0.39, 0.29) is 23.6 Å². The first-order valence-corrected chi connectivity index (χ1v) is 6.08. The van der Waals surface area contributed by atoms with Gasteiger partial charge in [-0.3, -0.25) is 4.79 Å². The molecule has 0 bridgehead atoms. The molecule has 0 aromatic carbocycles. The molecule has 0 saturated carbocycles. The van der Waals surface area contributed by atoms with E-state index in [1.165, 1.54) is 17.2 Å². The Balaban J connectivity index is 2.21. The van der Waals surface area contributed by atoms with Gasteiger partial charge in [0.1, 0.15) is 12.2 Å². The van der Waals surface area contributed by atoms with E-state index in [0.717, 1.165) is 0 Å². The molecule has 2 unspecified atom stereocenters. The number of pyridine rings is 1. The van der Waals surface area contributed by atoms with Crippen molar-refractivity contribution in [2.45, 2.75) is 12.2 Å². The molecule has 1 aliphatic rings. The summed E-state index contributed by atoms with van der Waals surface area (Å²) in [5.74, 6) is 3.77. The van der Waals surface area contributed by atoms with Crippen LogP contribution < -0.4 is 11.3 Å². The second-order valence-electron chi connectivity index (χ2n) is 4.42. The summed E-state index contributed by atoms with van der Waals surface area (Å²) in [5, 5.41) is 0. The smallest absolute Gasteiger partial charge is 0.257 e. The normalized spacial score (nSPS) is 22.1. The maximum atomic E-state index is 14.0. The number of halogens is 1. The summed E-state index contributed by atoms with van der Waals surface area (Å²) in [5.41, 5.74) is 2.03. The van der Waals surface area contributed by atoms with E-state index in [1.54, 1.807) is 14.2 Å². The van der Waals surface area contributed by atoms with Gasteiger partial charge in [0.2, 0.25) is 0 Å². The predicted octanol–water partition coefficient (Wildman–Crippen LogP) is -0.00790. The van der Waals surface area contributed by atoms with Crippen molar-refractivity contribution in [3.8, 4) is 0 Å². The summed E-state index contributed by atoms with van der Waals surface area (Å²) < 4.78 is 24.5. The molecule has 8 heteroatoms. The number of nitrogen functional groups attached to an aromatic ring is 1. The Morgan fingerprint density at radius 1 is 1.45 bits per heavy atom. The average molecular weight is 284 g/mol. The van der Waals surface area contributed by atoms with E-state index in [2.05, 4.69) is 10.4 Å². The Labute approximate surface area is 115 Å². The third-order valence-electron chi connectivity index (χ3n) is 3.36. The van der Waals surface area contributed by atoms with Gasteiger partial charge in [0, 0.05) is 33.5 Å². The first kappa shape index (κ1) is 14.6. The summed E-state index contributed by atoms with van der Waals surface area (Å²) in [7, 11) is 3.10. The standard InChI is InChI=1S/C12H17FN4O3/c1-19-8-5-17(6-9(8)20-2)12(18)7-3-4-15-11(16-14)10(7)13/h3-4,8-9H,5-6,14H2,1-2H3,(H,15,16). The van der Waals surface area contributed by atoms with Crippen molar-refractivity contribution in [2.75, 3.05) is 32.7 Å². The fourth-order valence-corrected chi connectivity index (χ4v) is 2.24. The third-order valence-corrected chi connectivity index (χ3v) is 3.36. The highest BCUT2D eigenvalue weighted by molar-refractivity contribution is 5.95. The maximum Gasteiger partial charge on any atom is 0.257 e. The van der Waals surface area contributed by atoms with Gasteiger partial charge in [0.05, 0.1) is 5.56 Å². The Kier molecular flexibility index (Phi) is 4.48. The van der Waals surface area contributed by atoms with Crippen LogP contribution in [0.1, 0.15) is 10.4 Å². The van der Waals surface area contributed by atoms with E-state index in [4.69, 9.17) is 15.3 Å². The molecule has 0 radical (unpaired) electrons. The van der Waals surface area contributed by atoms with Gasteiger partial charge in [-0.25, -0.2) is 15.2 Å². The minimum Gasteiger partial charge on any atom is -0.377 e. The van der Waals surface area contributed by atoms with Crippen LogP contribution in [0.4, 0.5) is 10.2 Å². The fourth-order valence-electron chi connectivity index (χ4n) is 2.24. The number of carbonyl (C=O) groups excluding carboxylic acids is 1. The number of nitrogens with two attached hydrogens (primary N) is 1. The summed E-state index contributed by atoms with van der Waals surface area (Å²) in [6.45, 7) is 0.696. The molecule has 1 saturated heterocycles.